The lowest BCUT2D eigenvalue weighted by Gasteiger charge is -2.12. The number of hydrogen-bond donors (Lipinski definition) is 2. The lowest BCUT2D eigenvalue weighted by atomic mass is 10.1. The fraction of sp³-hybridized carbons (Fsp3) is 0.385. The molecule has 18 heavy (non-hydrogen) atoms. The first-order valence-corrected chi connectivity index (χ1v) is 5.72. The fourth-order valence-electron chi connectivity index (χ4n) is 1.51. The molecule has 5 heteroatoms. The van der Waals surface area contributed by atoms with Gasteiger partial charge in [0, 0.05) is 18.2 Å². The number of methoxy groups -OCH3 is 1. The minimum Gasteiger partial charge on any atom is -0.465 e. The molecular formula is C13H18N2O3. The summed E-state index contributed by atoms with van der Waals surface area (Å²) in [5, 5.41) is 5.70. The van der Waals surface area contributed by atoms with Gasteiger partial charge in [0.2, 0.25) is 5.91 Å². The third-order valence-corrected chi connectivity index (χ3v) is 2.51. The molecule has 1 atom stereocenters. The Morgan fingerprint density at radius 2 is 2.11 bits per heavy atom. The van der Waals surface area contributed by atoms with Gasteiger partial charge in [0.15, 0.2) is 0 Å². The van der Waals surface area contributed by atoms with E-state index in [0.717, 1.165) is 0 Å². The quantitative estimate of drug-likeness (QED) is 0.772. The molecule has 0 spiro atoms. The first kappa shape index (κ1) is 14.2. The summed E-state index contributed by atoms with van der Waals surface area (Å²) in [4.78, 5) is 23.1. The third kappa shape index (κ3) is 3.85. The maximum atomic E-state index is 11.8. The number of benzene rings is 1. The highest BCUT2D eigenvalue weighted by atomic mass is 16.5. The van der Waals surface area contributed by atoms with Crippen LogP contribution in [0.5, 0.6) is 0 Å². The number of hydrogen-bond acceptors (Lipinski definition) is 4. The summed E-state index contributed by atoms with van der Waals surface area (Å²) >= 11 is 0. The van der Waals surface area contributed by atoms with E-state index in [1.165, 1.54) is 7.11 Å². The number of carbonyl (C=O) groups is 2. The molecule has 0 aliphatic rings. The lowest BCUT2D eigenvalue weighted by Crippen LogP contribution is -2.28. The molecule has 0 aromatic heterocycles. The second-order valence-corrected chi connectivity index (χ2v) is 4.02. The summed E-state index contributed by atoms with van der Waals surface area (Å²) in [5.41, 5.74) is 1.00. The van der Waals surface area contributed by atoms with Crippen LogP contribution in [0.1, 0.15) is 17.3 Å². The van der Waals surface area contributed by atoms with E-state index in [0.29, 0.717) is 17.8 Å². The SMILES string of the molecule is CNCC(C)C(=O)Nc1cccc(C(=O)OC)c1. The minimum atomic E-state index is -0.422. The van der Waals surface area contributed by atoms with Gasteiger partial charge >= 0.3 is 5.97 Å². The fourth-order valence-corrected chi connectivity index (χ4v) is 1.51. The molecule has 1 amide bonds. The van der Waals surface area contributed by atoms with Crippen molar-refractivity contribution in [2.75, 3.05) is 26.0 Å². The maximum Gasteiger partial charge on any atom is 0.337 e. The smallest absolute Gasteiger partial charge is 0.337 e. The van der Waals surface area contributed by atoms with Gasteiger partial charge in [-0.2, -0.15) is 0 Å². The van der Waals surface area contributed by atoms with E-state index < -0.39 is 5.97 Å². The van der Waals surface area contributed by atoms with Crippen molar-refractivity contribution in [3.63, 3.8) is 0 Å². The van der Waals surface area contributed by atoms with E-state index in [1.807, 2.05) is 6.92 Å². The molecular weight excluding hydrogens is 232 g/mol. The third-order valence-electron chi connectivity index (χ3n) is 2.51. The molecule has 0 bridgehead atoms. The van der Waals surface area contributed by atoms with E-state index in [9.17, 15) is 9.59 Å². The molecule has 2 N–H and O–H groups in total. The molecule has 0 heterocycles. The molecule has 0 fully saturated rings. The second-order valence-electron chi connectivity index (χ2n) is 4.02. The van der Waals surface area contributed by atoms with Crippen molar-refractivity contribution in [3.05, 3.63) is 29.8 Å². The van der Waals surface area contributed by atoms with Gasteiger partial charge in [0.25, 0.3) is 0 Å². The van der Waals surface area contributed by atoms with E-state index in [-0.39, 0.29) is 11.8 Å². The van der Waals surface area contributed by atoms with Crippen molar-refractivity contribution >= 4 is 17.6 Å². The van der Waals surface area contributed by atoms with Gasteiger partial charge in [-0.25, -0.2) is 4.79 Å². The van der Waals surface area contributed by atoms with Crippen LogP contribution in [0.4, 0.5) is 5.69 Å². The normalized spacial score (nSPS) is 11.7. The maximum absolute atomic E-state index is 11.8. The van der Waals surface area contributed by atoms with Crippen LogP contribution in [-0.2, 0) is 9.53 Å². The highest BCUT2D eigenvalue weighted by Gasteiger charge is 2.13. The first-order chi connectivity index (χ1) is 8.58. The molecule has 1 unspecified atom stereocenters. The molecule has 1 rings (SSSR count). The lowest BCUT2D eigenvalue weighted by molar-refractivity contribution is -0.119. The Morgan fingerprint density at radius 1 is 1.39 bits per heavy atom. The Morgan fingerprint density at radius 3 is 2.72 bits per heavy atom. The number of ether oxygens (including phenoxy) is 1. The van der Waals surface area contributed by atoms with Crippen molar-refractivity contribution in [2.24, 2.45) is 5.92 Å². The van der Waals surface area contributed by atoms with Crippen LogP contribution in [0.25, 0.3) is 0 Å². The van der Waals surface area contributed by atoms with Crippen molar-refractivity contribution in [3.8, 4) is 0 Å². The Hall–Kier alpha value is -1.88. The average molecular weight is 250 g/mol. The predicted molar refractivity (Wildman–Crippen MR) is 69.5 cm³/mol. The predicted octanol–water partition coefficient (Wildman–Crippen LogP) is 1.27. The molecule has 0 radical (unpaired) electrons. The molecule has 0 saturated carbocycles. The van der Waals surface area contributed by atoms with Gasteiger partial charge in [-0.3, -0.25) is 4.79 Å². The standard InChI is InChI=1S/C13H18N2O3/c1-9(8-14-2)12(16)15-11-6-4-5-10(7-11)13(17)18-3/h4-7,9,14H,8H2,1-3H3,(H,15,16). The zero-order valence-corrected chi connectivity index (χ0v) is 10.8. The van der Waals surface area contributed by atoms with Gasteiger partial charge < -0.3 is 15.4 Å². The molecule has 1 aromatic rings. The van der Waals surface area contributed by atoms with Crippen LogP contribution in [0, 0.1) is 5.92 Å². The van der Waals surface area contributed by atoms with Crippen LogP contribution < -0.4 is 10.6 Å². The number of anilines is 1. The molecule has 0 aliphatic carbocycles. The minimum absolute atomic E-state index is 0.0913. The monoisotopic (exact) mass is 250 g/mol. The molecule has 1 aromatic carbocycles. The number of rotatable bonds is 5. The van der Waals surface area contributed by atoms with Crippen molar-refractivity contribution < 1.29 is 14.3 Å². The van der Waals surface area contributed by atoms with E-state index in [2.05, 4.69) is 15.4 Å². The summed E-state index contributed by atoms with van der Waals surface area (Å²) in [7, 11) is 3.12. The summed E-state index contributed by atoms with van der Waals surface area (Å²) in [6.07, 6.45) is 0. The Bertz CT molecular complexity index is 432. The van der Waals surface area contributed by atoms with Crippen molar-refractivity contribution in [1.82, 2.24) is 5.32 Å². The van der Waals surface area contributed by atoms with Crippen LogP contribution in [0.3, 0.4) is 0 Å². The summed E-state index contributed by atoms with van der Waals surface area (Å²) in [6, 6.07) is 6.66. The van der Waals surface area contributed by atoms with Gasteiger partial charge in [-0.1, -0.05) is 13.0 Å². The highest BCUT2D eigenvalue weighted by Crippen LogP contribution is 2.12. The molecule has 0 saturated heterocycles. The number of nitrogens with one attached hydrogen (secondary N) is 2. The van der Waals surface area contributed by atoms with Crippen LogP contribution in [0.15, 0.2) is 24.3 Å². The average Bonchev–Trinajstić information content (AvgIpc) is 2.38. The van der Waals surface area contributed by atoms with Crippen LogP contribution >= 0.6 is 0 Å². The largest absolute Gasteiger partial charge is 0.465 e. The molecule has 98 valence electrons. The number of carbonyl (C=O) groups excluding carboxylic acids is 2. The number of amides is 1. The van der Waals surface area contributed by atoms with Crippen molar-refractivity contribution in [1.29, 1.82) is 0 Å². The van der Waals surface area contributed by atoms with Gasteiger partial charge in [0.1, 0.15) is 0 Å². The second kappa shape index (κ2) is 6.76. The van der Waals surface area contributed by atoms with Crippen molar-refractivity contribution in [2.45, 2.75) is 6.92 Å². The summed E-state index contributed by atoms with van der Waals surface area (Å²) < 4.78 is 4.62. The van der Waals surface area contributed by atoms with E-state index in [1.54, 1.807) is 31.3 Å². The highest BCUT2D eigenvalue weighted by molar-refractivity contribution is 5.95. The summed E-state index contributed by atoms with van der Waals surface area (Å²) in [5.74, 6) is -0.655. The van der Waals surface area contributed by atoms with Gasteiger partial charge in [0.05, 0.1) is 12.7 Å². The molecule has 5 nitrogen and oxygen atoms in total. The Balaban J connectivity index is 2.73. The Kier molecular flexibility index (Phi) is 5.32. The van der Waals surface area contributed by atoms with E-state index >= 15 is 0 Å². The van der Waals surface area contributed by atoms with Crippen LogP contribution in [0.2, 0.25) is 0 Å². The van der Waals surface area contributed by atoms with Crippen LogP contribution in [-0.4, -0.2) is 32.6 Å². The zero-order chi connectivity index (χ0) is 13.5. The first-order valence-electron chi connectivity index (χ1n) is 5.72. The summed E-state index contributed by atoms with van der Waals surface area (Å²) in [6.45, 7) is 2.43. The van der Waals surface area contributed by atoms with E-state index in [4.69, 9.17) is 0 Å². The molecule has 0 aliphatic heterocycles. The zero-order valence-electron chi connectivity index (χ0n) is 10.8. The number of esters is 1. The van der Waals surface area contributed by atoms with Gasteiger partial charge in [-0.05, 0) is 25.2 Å². The Labute approximate surface area is 107 Å². The van der Waals surface area contributed by atoms with Gasteiger partial charge in [-0.15, -0.1) is 0 Å². The topological polar surface area (TPSA) is 67.4 Å².